The Kier molecular flexibility index (Phi) is 9.17. The molecule has 0 fully saturated rings. The average Bonchev–Trinajstić information content (AvgIpc) is 3.96. The number of rotatable bonds is 9. The van der Waals surface area contributed by atoms with Crippen LogP contribution in [0.4, 0.5) is 17.1 Å². The quantitative estimate of drug-likeness (QED) is 0.107. The number of nitrogens with zero attached hydrogens (tertiary/aromatic N) is 1. The van der Waals surface area contributed by atoms with E-state index in [1.165, 1.54) is 26.3 Å². The zero-order valence-corrected chi connectivity index (χ0v) is 35.9. The summed E-state index contributed by atoms with van der Waals surface area (Å²) in [6.07, 6.45) is 0. The highest BCUT2D eigenvalue weighted by Crippen LogP contribution is 2.43. The Morgan fingerprint density at radius 3 is 1.20 bits per heavy atom. The summed E-state index contributed by atoms with van der Waals surface area (Å²) < 4.78 is 13.1. The van der Waals surface area contributed by atoms with Crippen molar-refractivity contribution >= 4 is 89.8 Å². The van der Waals surface area contributed by atoms with Crippen LogP contribution in [-0.4, -0.2) is 8.07 Å². The number of hydrogen-bond donors (Lipinski definition) is 0. The zero-order chi connectivity index (χ0) is 42.5. The van der Waals surface area contributed by atoms with Gasteiger partial charge >= 0.3 is 0 Å². The summed E-state index contributed by atoms with van der Waals surface area (Å²) in [6.45, 7) is 0. The van der Waals surface area contributed by atoms with Gasteiger partial charge in [-0.15, -0.1) is 0 Å². The minimum Gasteiger partial charge on any atom is -0.455 e. The molecule has 0 aliphatic heterocycles. The molecule has 4 heteroatoms. The number of hydrogen-bond acceptors (Lipinski definition) is 3. The number of furan rings is 2. The summed E-state index contributed by atoms with van der Waals surface area (Å²) in [6, 6.07) is 89.7. The number of benzene rings is 10. The van der Waals surface area contributed by atoms with Crippen LogP contribution in [0.2, 0.25) is 0 Å². The van der Waals surface area contributed by atoms with Gasteiger partial charge in [0.1, 0.15) is 16.7 Å². The van der Waals surface area contributed by atoms with Crippen LogP contribution in [0, 0.1) is 0 Å². The molecule has 3 nitrogen and oxygen atoms in total. The normalized spacial score (nSPS) is 11.8. The summed E-state index contributed by atoms with van der Waals surface area (Å²) in [5.41, 5.74) is 11.0. The maximum atomic E-state index is 6.65. The third kappa shape index (κ3) is 6.18. The fraction of sp³-hybridized carbons (Fsp3) is 0. The molecule has 12 rings (SSSR count). The van der Waals surface area contributed by atoms with Gasteiger partial charge in [0, 0.05) is 38.5 Å². The van der Waals surface area contributed by atoms with Gasteiger partial charge in [0.2, 0.25) is 0 Å². The summed E-state index contributed by atoms with van der Waals surface area (Å²) in [5, 5.41) is 9.88. The molecule has 0 amide bonds. The molecular weight excluding hydrogens is 795 g/mol. The lowest BCUT2D eigenvalue weighted by Gasteiger charge is -2.34. The Bertz CT molecular complexity index is 3480. The van der Waals surface area contributed by atoms with E-state index in [0.29, 0.717) is 0 Å². The van der Waals surface area contributed by atoms with Crippen molar-refractivity contribution < 1.29 is 8.83 Å². The van der Waals surface area contributed by atoms with Crippen LogP contribution in [0.15, 0.2) is 258 Å². The third-order valence-electron chi connectivity index (χ3n) is 12.9. The molecule has 0 spiro atoms. The van der Waals surface area contributed by atoms with Gasteiger partial charge in [0.05, 0.1) is 5.69 Å². The van der Waals surface area contributed by atoms with Gasteiger partial charge in [-0.05, 0) is 79.9 Å². The molecule has 0 saturated carbocycles. The van der Waals surface area contributed by atoms with Gasteiger partial charge < -0.3 is 13.7 Å². The molecule has 2 aromatic heterocycles. The number of para-hydroxylation sites is 4. The molecule has 0 aliphatic rings. The predicted molar refractivity (Wildman–Crippen MR) is 270 cm³/mol. The van der Waals surface area contributed by atoms with E-state index in [1.807, 2.05) is 24.3 Å². The smallest absolute Gasteiger partial charge is 0.179 e. The first-order valence-electron chi connectivity index (χ1n) is 21.8. The Balaban J connectivity index is 0.950. The molecule has 0 bridgehead atoms. The topological polar surface area (TPSA) is 29.5 Å². The molecule has 0 radical (unpaired) electrons. The van der Waals surface area contributed by atoms with Crippen LogP contribution in [0.1, 0.15) is 0 Å². The summed E-state index contributed by atoms with van der Waals surface area (Å²) in [5.74, 6) is 0. The highest BCUT2D eigenvalue weighted by molar-refractivity contribution is 7.19. The second-order valence-corrected chi connectivity index (χ2v) is 20.2. The van der Waals surface area contributed by atoms with E-state index in [2.05, 4.69) is 229 Å². The lowest BCUT2D eigenvalue weighted by Crippen LogP contribution is -2.74. The molecule has 2 heterocycles. The monoisotopic (exact) mass is 835 g/mol. The third-order valence-corrected chi connectivity index (χ3v) is 17.7. The molecule has 0 unspecified atom stereocenters. The van der Waals surface area contributed by atoms with Crippen molar-refractivity contribution in [3.8, 4) is 22.3 Å². The van der Waals surface area contributed by atoms with E-state index in [0.717, 1.165) is 77.6 Å². The molecular formula is C60H41NO2Si. The molecule has 0 saturated heterocycles. The van der Waals surface area contributed by atoms with E-state index in [4.69, 9.17) is 8.83 Å². The van der Waals surface area contributed by atoms with E-state index in [-0.39, 0.29) is 0 Å². The SMILES string of the molecule is c1ccc([Si](c2ccccc2)(c2ccccc2)c2ccc(-c3ccc(N(c4ccc(-c5cccc6c5oc5ccccc56)cc4)c4cccc5c4oc4ccccc45)cc3)cc2)cc1. The van der Waals surface area contributed by atoms with Crippen molar-refractivity contribution in [2.45, 2.75) is 0 Å². The van der Waals surface area contributed by atoms with E-state index >= 15 is 0 Å². The average molecular weight is 836 g/mol. The summed E-state index contributed by atoms with van der Waals surface area (Å²) in [4.78, 5) is 2.31. The second kappa shape index (κ2) is 15.6. The van der Waals surface area contributed by atoms with Crippen LogP contribution >= 0.6 is 0 Å². The molecule has 0 atom stereocenters. The zero-order valence-electron chi connectivity index (χ0n) is 34.9. The van der Waals surface area contributed by atoms with Gasteiger partial charge in [-0.25, -0.2) is 0 Å². The molecule has 10 aromatic carbocycles. The van der Waals surface area contributed by atoms with Crippen LogP contribution in [0.5, 0.6) is 0 Å². The standard InChI is InChI=1S/C60H41NO2Si/c1-4-16-47(17-5-1)64(48-18-6-2-7-19-48,49-20-8-3-9-21-49)50-40-34-43(35-41-50)42-30-36-45(37-31-42)61(56-27-15-26-55-53-23-11-13-29-58(53)63-60(55)56)46-38-32-44(33-39-46)51-24-14-25-54-52-22-10-12-28-57(52)62-59(51)54/h1-41H. The molecule has 12 aromatic rings. The minimum atomic E-state index is -2.63. The Morgan fingerprint density at radius 1 is 0.281 bits per heavy atom. The Hall–Kier alpha value is -8.18. The molecule has 0 N–H and O–H groups in total. The van der Waals surface area contributed by atoms with Crippen molar-refractivity contribution in [3.05, 3.63) is 249 Å². The predicted octanol–water partition coefficient (Wildman–Crippen LogP) is 13.7. The highest BCUT2D eigenvalue weighted by Gasteiger charge is 2.41. The minimum absolute atomic E-state index is 0.849. The van der Waals surface area contributed by atoms with Crippen molar-refractivity contribution in [3.63, 3.8) is 0 Å². The maximum absolute atomic E-state index is 6.65. The maximum Gasteiger partial charge on any atom is 0.179 e. The van der Waals surface area contributed by atoms with Gasteiger partial charge in [-0.2, -0.15) is 0 Å². The molecule has 0 aliphatic carbocycles. The van der Waals surface area contributed by atoms with E-state index in [9.17, 15) is 0 Å². The molecule has 302 valence electrons. The first kappa shape index (κ1) is 37.6. The van der Waals surface area contributed by atoms with Gasteiger partial charge in [-0.1, -0.05) is 206 Å². The number of fused-ring (bicyclic) bond motifs is 6. The van der Waals surface area contributed by atoms with Gasteiger partial charge in [0.25, 0.3) is 0 Å². The fourth-order valence-corrected chi connectivity index (χ4v) is 14.6. The second-order valence-electron chi connectivity index (χ2n) is 16.4. The van der Waals surface area contributed by atoms with E-state index < -0.39 is 8.07 Å². The van der Waals surface area contributed by atoms with Crippen LogP contribution in [0.3, 0.4) is 0 Å². The summed E-state index contributed by atoms with van der Waals surface area (Å²) >= 11 is 0. The van der Waals surface area contributed by atoms with Crippen molar-refractivity contribution in [1.82, 2.24) is 0 Å². The first-order chi connectivity index (χ1) is 31.7. The van der Waals surface area contributed by atoms with Crippen molar-refractivity contribution in [2.24, 2.45) is 0 Å². The van der Waals surface area contributed by atoms with E-state index in [1.54, 1.807) is 0 Å². The molecule has 64 heavy (non-hydrogen) atoms. The largest absolute Gasteiger partial charge is 0.455 e. The fourth-order valence-electron chi connectivity index (χ4n) is 9.88. The highest BCUT2D eigenvalue weighted by atomic mass is 28.3. The van der Waals surface area contributed by atoms with Gasteiger partial charge in [0.15, 0.2) is 13.7 Å². The van der Waals surface area contributed by atoms with Gasteiger partial charge in [-0.3, -0.25) is 0 Å². The first-order valence-corrected chi connectivity index (χ1v) is 23.8. The van der Waals surface area contributed by atoms with Crippen LogP contribution < -0.4 is 25.6 Å². The van der Waals surface area contributed by atoms with Crippen LogP contribution in [-0.2, 0) is 0 Å². The van der Waals surface area contributed by atoms with Crippen molar-refractivity contribution in [2.75, 3.05) is 4.90 Å². The Labute approximate surface area is 372 Å². The van der Waals surface area contributed by atoms with Crippen molar-refractivity contribution in [1.29, 1.82) is 0 Å². The Morgan fingerprint density at radius 2 is 0.672 bits per heavy atom. The van der Waals surface area contributed by atoms with Crippen LogP contribution in [0.25, 0.3) is 66.1 Å². The lowest BCUT2D eigenvalue weighted by atomic mass is 10.0. The number of anilines is 3. The summed E-state index contributed by atoms with van der Waals surface area (Å²) in [7, 11) is -2.63. The lowest BCUT2D eigenvalue weighted by molar-refractivity contribution is 0.669.